The highest BCUT2D eigenvalue weighted by atomic mass is 19.1. The fourth-order valence-corrected chi connectivity index (χ4v) is 3.55. The summed E-state index contributed by atoms with van der Waals surface area (Å²) in [6.07, 6.45) is 0. The third-order valence-electron chi connectivity index (χ3n) is 5.57. The number of hydrogen-bond acceptors (Lipinski definition) is 5. The number of carbonyl (C=O) groups is 2. The first kappa shape index (κ1) is 22.7. The maximum absolute atomic E-state index is 13.7. The van der Waals surface area contributed by atoms with Crippen molar-refractivity contribution in [2.75, 3.05) is 52.2 Å². The summed E-state index contributed by atoms with van der Waals surface area (Å²) < 4.78 is 18.9. The molecule has 8 heteroatoms. The molecule has 1 heterocycles. The molecule has 1 aliphatic heterocycles. The monoisotopic (exact) mass is 428 g/mol. The first-order chi connectivity index (χ1) is 14.9. The molecular formula is C23H29FN4O3. The van der Waals surface area contributed by atoms with Crippen LogP contribution in [0.3, 0.4) is 0 Å². The van der Waals surface area contributed by atoms with E-state index in [-0.39, 0.29) is 18.3 Å². The molecule has 31 heavy (non-hydrogen) atoms. The summed E-state index contributed by atoms with van der Waals surface area (Å²) in [5.74, 6) is -1.26. The molecule has 1 atom stereocenters. The number of likely N-dealkylation sites (N-methyl/N-ethyl adjacent to an activating group) is 1. The number of methoxy groups -OCH3 is 1. The predicted octanol–water partition coefficient (Wildman–Crippen LogP) is 2.19. The molecule has 3 rings (SSSR count). The van der Waals surface area contributed by atoms with Crippen LogP contribution in [-0.2, 0) is 9.59 Å². The summed E-state index contributed by atoms with van der Waals surface area (Å²) in [5.41, 5.74) is 1.75. The van der Waals surface area contributed by atoms with Gasteiger partial charge in [-0.1, -0.05) is 18.2 Å². The second-order valence-electron chi connectivity index (χ2n) is 7.76. The van der Waals surface area contributed by atoms with E-state index in [1.54, 1.807) is 26.2 Å². The zero-order valence-electron chi connectivity index (χ0n) is 18.2. The van der Waals surface area contributed by atoms with Gasteiger partial charge in [0.1, 0.15) is 11.6 Å². The molecule has 0 saturated carbocycles. The molecule has 166 valence electrons. The molecule has 2 aromatic rings. The Hall–Kier alpha value is -2.97. The quantitative estimate of drug-likeness (QED) is 0.690. The van der Waals surface area contributed by atoms with Gasteiger partial charge in [-0.2, -0.15) is 0 Å². The number of benzene rings is 2. The predicted molar refractivity (Wildman–Crippen MR) is 118 cm³/mol. The van der Waals surface area contributed by atoms with Gasteiger partial charge in [0.05, 0.1) is 13.2 Å². The van der Waals surface area contributed by atoms with Gasteiger partial charge < -0.3 is 20.3 Å². The number of piperazine rings is 1. The molecule has 1 aliphatic rings. The van der Waals surface area contributed by atoms with E-state index in [4.69, 9.17) is 4.74 Å². The van der Waals surface area contributed by atoms with Gasteiger partial charge in [-0.25, -0.2) is 4.39 Å². The van der Waals surface area contributed by atoms with Gasteiger partial charge in [-0.15, -0.1) is 0 Å². The van der Waals surface area contributed by atoms with Gasteiger partial charge in [0, 0.05) is 38.4 Å². The van der Waals surface area contributed by atoms with Crippen LogP contribution in [0, 0.1) is 12.7 Å². The van der Waals surface area contributed by atoms with Gasteiger partial charge in [-0.3, -0.25) is 14.5 Å². The lowest BCUT2D eigenvalue weighted by Gasteiger charge is -2.38. The minimum atomic E-state index is -0.824. The Morgan fingerprint density at radius 2 is 1.74 bits per heavy atom. The number of anilines is 1. The Bertz CT molecular complexity index is 912. The number of rotatable bonds is 6. The maximum Gasteiger partial charge on any atom is 0.313 e. The molecule has 0 aromatic heterocycles. The molecular weight excluding hydrogens is 399 g/mol. The zero-order chi connectivity index (χ0) is 22.4. The van der Waals surface area contributed by atoms with Crippen molar-refractivity contribution in [3.05, 3.63) is 59.4 Å². The molecule has 2 amide bonds. The Kier molecular flexibility index (Phi) is 7.59. The van der Waals surface area contributed by atoms with Crippen molar-refractivity contribution in [1.29, 1.82) is 0 Å². The Morgan fingerprint density at radius 3 is 2.35 bits per heavy atom. The van der Waals surface area contributed by atoms with E-state index < -0.39 is 17.6 Å². The second-order valence-corrected chi connectivity index (χ2v) is 7.76. The van der Waals surface area contributed by atoms with Crippen molar-refractivity contribution < 1.29 is 18.7 Å². The molecule has 1 fully saturated rings. The minimum Gasteiger partial charge on any atom is -0.497 e. The van der Waals surface area contributed by atoms with Crippen LogP contribution in [0.25, 0.3) is 0 Å². The van der Waals surface area contributed by atoms with Crippen molar-refractivity contribution in [3.63, 3.8) is 0 Å². The number of carbonyl (C=O) groups excluding carboxylic acids is 2. The first-order valence-corrected chi connectivity index (χ1v) is 10.3. The average Bonchev–Trinajstić information content (AvgIpc) is 2.77. The van der Waals surface area contributed by atoms with Gasteiger partial charge in [0.25, 0.3) is 0 Å². The highest BCUT2D eigenvalue weighted by Crippen LogP contribution is 2.24. The smallest absolute Gasteiger partial charge is 0.313 e. The molecule has 0 spiro atoms. The van der Waals surface area contributed by atoms with Crippen LogP contribution < -0.4 is 15.4 Å². The van der Waals surface area contributed by atoms with Crippen LogP contribution >= 0.6 is 0 Å². The number of halogens is 1. The Labute approximate surface area is 182 Å². The van der Waals surface area contributed by atoms with Crippen LogP contribution in [0.1, 0.15) is 17.2 Å². The third-order valence-corrected chi connectivity index (χ3v) is 5.57. The topological polar surface area (TPSA) is 73.9 Å². The third kappa shape index (κ3) is 6.02. The molecule has 2 N–H and O–H groups in total. The van der Waals surface area contributed by atoms with Gasteiger partial charge in [0.2, 0.25) is 0 Å². The summed E-state index contributed by atoms with van der Waals surface area (Å²) in [5, 5.41) is 5.18. The summed E-state index contributed by atoms with van der Waals surface area (Å²) >= 11 is 0. The van der Waals surface area contributed by atoms with Gasteiger partial charge >= 0.3 is 11.8 Å². The van der Waals surface area contributed by atoms with E-state index in [0.717, 1.165) is 37.5 Å². The number of aryl methyl sites for hydroxylation is 1. The summed E-state index contributed by atoms with van der Waals surface area (Å²) in [6, 6.07) is 12.0. The van der Waals surface area contributed by atoms with Gasteiger partial charge in [0.15, 0.2) is 0 Å². The Morgan fingerprint density at radius 1 is 1.06 bits per heavy atom. The van der Waals surface area contributed by atoms with Crippen LogP contribution in [0.4, 0.5) is 10.1 Å². The van der Waals surface area contributed by atoms with Crippen molar-refractivity contribution in [1.82, 2.24) is 15.1 Å². The first-order valence-electron chi connectivity index (χ1n) is 10.3. The fraction of sp³-hybridized carbons (Fsp3) is 0.391. The van der Waals surface area contributed by atoms with Crippen LogP contribution in [-0.4, -0.2) is 68.5 Å². The van der Waals surface area contributed by atoms with Crippen molar-refractivity contribution >= 4 is 17.5 Å². The van der Waals surface area contributed by atoms with Crippen LogP contribution in [0.2, 0.25) is 0 Å². The number of ether oxygens (including phenoxy) is 1. The van der Waals surface area contributed by atoms with E-state index in [1.165, 1.54) is 6.07 Å². The molecule has 1 unspecified atom stereocenters. The highest BCUT2D eigenvalue weighted by Gasteiger charge is 2.25. The molecule has 0 radical (unpaired) electrons. The molecule has 0 aliphatic carbocycles. The van der Waals surface area contributed by atoms with Crippen LogP contribution in [0.5, 0.6) is 5.75 Å². The lowest BCUT2D eigenvalue weighted by Crippen LogP contribution is -2.49. The normalized spacial score (nSPS) is 15.9. The van der Waals surface area contributed by atoms with Crippen molar-refractivity contribution in [2.45, 2.75) is 13.0 Å². The second kappa shape index (κ2) is 10.4. The largest absolute Gasteiger partial charge is 0.497 e. The average molecular weight is 429 g/mol. The minimum absolute atomic E-state index is 0.0758. The Balaban J connectivity index is 1.66. The summed E-state index contributed by atoms with van der Waals surface area (Å²) in [4.78, 5) is 29.2. The number of hydrogen-bond donors (Lipinski definition) is 2. The number of nitrogens with zero attached hydrogens (tertiary/aromatic N) is 2. The van der Waals surface area contributed by atoms with Crippen LogP contribution in [0.15, 0.2) is 42.5 Å². The zero-order valence-corrected chi connectivity index (χ0v) is 18.2. The summed E-state index contributed by atoms with van der Waals surface area (Å²) in [7, 11) is 3.70. The van der Waals surface area contributed by atoms with Crippen molar-refractivity contribution in [2.24, 2.45) is 0 Å². The lowest BCUT2D eigenvalue weighted by molar-refractivity contribution is -0.136. The fourth-order valence-electron chi connectivity index (χ4n) is 3.55. The van der Waals surface area contributed by atoms with E-state index in [1.807, 2.05) is 24.3 Å². The number of nitrogens with one attached hydrogen (secondary N) is 2. The molecule has 1 saturated heterocycles. The van der Waals surface area contributed by atoms with E-state index in [0.29, 0.717) is 5.56 Å². The standard InChI is InChI=1S/C23H29FN4O3/c1-16-4-7-18(14-20(16)24)26-23(30)22(29)25-15-21(28-12-10-27(2)11-13-28)17-5-8-19(31-3)9-6-17/h4-9,14,21H,10-13,15H2,1-3H3,(H,25,29)(H,26,30). The van der Waals surface area contributed by atoms with Gasteiger partial charge in [-0.05, 0) is 49.4 Å². The highest BCUT2D eigenvalue weighted by molar-refractivity contribution is 6.39. The van der Waals surface area contributed by atoms with E-state index >= 15 is 0 Å². The summed E-state index contributed by atoms with van der Waals surface area (Å²) in [6.45, 7) is 5.49. The lowest BCUT2D eigenvalue weighted by atomic mass is 10.0. The van der Waals surface area contributed by atoms with Crippen molar-refractivity contribution in [3.8, 4) is 5.75 Å². The molecule has 0 bridgehead atoms. The SMILES string of the molecule is COc1ccc(C(CNC(=O)C(=O)Nc2ccc(C)c(F)c2)N2CCN(C)CC2)cc1. The number of amides is 2. The van der Waals surface area contributed by atoms with E-state index in [9.17, 15) is 14.0 Å². The maximum atomic E-state index is 13.7. The van der Waals surface area contributed by atoms with E-state index in [2.05, 4.69) is 27.5 Å². The molecule has 2 aromatic carbocycles. The molecule has 7 nitrogen and oxygen atoms in total.